The van der Waals surface area contributed by atoms with Gasteiger partial charge in [-0.25, -0.2) is 4.79 Å². The standard InChI is InChI=1S/C17H25N3O4/c1-6-10(2)18-15(21)11(3)19-16(22)20-12-7-8-13-14(9-12)24-17(4,5)23-13/h7-11H,6H2,1-5H3,(H,18,21)(H2,19,20,22). The van der Waals surface area contributed by atoms with Gasteiger partial charge in [0.25, 0.3) is 0 Å². The minimum atomic E-state index is -0.716. The third-order valence-corrected chi connectivity index (χ3v) is 3.65. The van der Waals surface area contributed by atoms with Crippen LogP contribution in [0.3, 0.4) is 0 Å². The lowest BCUT2D eigenvalue weighted by atomic mass is 10.2. The van der Waals surface area contributed by atoms with Gasteiger partial charge in [-0.15, -0.1) is 0 Å². The topological polar surface area (TPSA) is 88.7 Å². The van der Waals surface area contributed by atoms with Crippen LogP contribution in [-0.2, 0) is 4.79 Å². The minimum Gasteiger partial charge on any atom is -0.449 e. The Morgan fingerprint density at radius 3 is 2.46 bits per heavy atom. The predicted octanol–water partition coefficient (Wildman–Crippen LogP) is 2.62. The molecule has 1 aromatic carbocycles. The maximum absolute atomic E-state index is 12.0. The Kier molecular flexibility index (Phi) is 5.21. The minimum absolute atomic E-state index is 0.0713. The molecular weight excluding hydrogens is 310 g/mol. The summed E-state index contributed by atoms with van der Waals surface area (Å²) in [5.41, 5.74) is 0.557. The average molecular weight is 335 g/mol. The Morgan fingerprint density at radius 2 is 1.79 bits per heavy atom. The van der Waals surface area contributed by atoms with Gasteiger partial charge in [-0.05, 0) is 32.4 Å². The molecule has 0 aliphatic carbocycles. The summed E-state index contributed by atoms with van der Waals surface area (Å²) >= 11 is 0. The van der Waals surface area contributed by atoms with E-state index in [1.807, 2.05) is 27.7 Å². The lowest BCUT2D eigenvalue weighted by Gasteiger charge is -2.17. The summed E-state index contributed by atoms with van der Waals surface area (Å²) in [7, 11) is 0. The molecule has 0 bridgehead atoms. The predicted molar refractivity (Wildman–Crippen MR) is 91.3 cm³/mol. The van der Waals surface area contributed by atoms with Gasteiger partial charge in [-0.3, -0.25) is 4.79 Å². The van der Waals surface area contributed by atoms with Crippen LogP contribution in [0.4, 0.5) is 10.5 Å². The summed E-state index contributed by atoms with van der Waals surface area (Å²) in [6.07, 6.45) is 0.832. The Bertz CT molecular complexity index is 630. The number of nitrogens with one attached hydrogen (secondary N) is 3. The third kappa shape index (κ3) is 4.53. The molecule has 1 aliphatic rings. The SMILES string of the molecule is CCC(C)NC(=O)C(C)NC(=O)Nc1ccc2c(c1)OC(C)(C)O2. The molecule has 0 saturated carbocycles. The lowest BCUT2D eigenvalue weighted by molar-refractivity contribution is -0.123. The molecule has 0 fully saturated rings. The molecule has 132 valence electrons. The van der Waals surface area contributed by atoms with Crippen molar-refractivity contribution in [1.29, 1.82) is 0 Å². The molecule has 1 aliphatic heterocycles. The second kappa shape index (κ2) is 6.98. The van der Waals surface area contributed by atoms with E-state index < -0.39 is 17.9 Å². The van der Waals surface area contributed by atoms with Gasteiger partial charge >= 0.3 is 6.03 Å². The summed E-state index contributed by atoms with van der Waals surface area (Å²) < 4.78 is 11.2. The first kappa shape index (κ1) is 17.9. The molecule has 0 radical (unpaired) electrons. The number of carbonyl (C=O) groups is 2. The van der Waals surface area contributed by atoms with E-state index in [-0.39, 0.29) is 11.9 Å². The summed E-state index contributed by atoms with van der Waals surface area (Å²) in [6.45, 7) is 9.16. The van der Waals surface area contributed by atoms with Gasteiger partial charge in [0, 0.05) is 31.6 Å². The molecule has 0 saturated heterocycles. The number of anilines is 1. The van der Waals surface area contributed by atoms with Gasteiger partial charge in [0.1, 0.15) is 6.04 Å². The van der Waals surface area contributed by atoms with Crippen LogP contribution in [0.2, 0.25) is 0 Å². The molecule has 2 atom stereocenters. The van der Waals surface area contributed by atoms with Crippen molar-refractivity contribution in [2.45, 2.75) is 58.9 Å². The van der Waals surface area contributed by atoms with Crippen LogP contribution >= 0.6 is 0 Å². The maximum atomic E-state index is 12.0. The number of urea groups is 1. The Morgan fingerprint density at radius 1 is 1.12 bits per heavy atom. The van der Waals surface area contributed by atoms with Crippen molar-refractivity contribution in [3.8, 4) is 11.5 Å². The van der Waals surface area contributed by atoms with Crippen molar-refractivity contribution in [1.82, 2.24) is 10.6 Å². The monoisotopic (exact) mass is 335 g/mol. The van der Waals surface area contributed by atoms with Crippen LogP contribution < -0.4 is 25.4 Å². The summed E-state index contributed by atoms with van der Waals surface area (Å²) in [5, 5.41) is 8.12. The molecule has 1 heterocycles. The van der Waals surface area contributed by atoms with E-state index in [0.717, 1.165) is 6.42 Å². The zero-order chi connectivity index (χ0) is 17.9. The average Bonchev–Trinajstić information content (AvgIpc) is 2.79. The zero-order valence-electron chi connectivity index (χ0n) is 14.7. The number of fused-ring (bicyclic) bond motifs is 1. The number of carbonyl (C=O) groups excluding carboxylic acids is 2. The maximum Gasteiger partial charge on any atom is 0.319 e. The Hall–Kier alpha value is -2.44. The molecule has 3 N–H and O–H groups in total. The van der Waals surface area contributed by atoms with E-state index in [0.29, 0.717) is 17.2 Å². The van der Waals surface area contributed by atoms with Crippen molar-refractivity contribution in [2.24, 2.45) is 0 Å². The molecule has 0 spiro atoms. The molecule has 7 nitrogen and oxygen atoms in total. The van der Waals surface area contributed by atoms with E-state index in [1.165, 1.54) is 0 Å². The molecule has 3 amide bonds. The van der Waals surface area contributed by atoms with Crippen molar-refractivity contribution >= 4 is 17.6 Å². The van der Waals surface area contributed by atoms with Gasteiger partial charge in [0.2, 0.25) is 11.7 Å². The molecule has 2 rings (SSSR count). The number of hydrogen-bond donors (Lipinski definition) is 3. The van der Waals surface area contributed by atoms with Crippen LogP contribution in [-0.4, -0.2) is 29.8 Å². The molecule has 1 aromatic rings. The van der Waals surface area contributed by atoms with Crippen molar-refractivity contribution in [3.63, 3.8) is 0 Å². The van der Waals surface area contributed by atoms with Gasteiger partial charge in [0.15, 0.2) is 11.5 Å². The van der Waals surface area contributed by atoms with Gasteiger partial charge < -0.3 is 25.4 Å². The number of ether oxygens (including phenoxy) is 2. The number of amides is 3. The largest absolute Gasteiger partial charge is 0.449 e. The fourth-order valence-electron chi connectivity index (χ4n) is 2.20. The first-order chi connectivity index (χ1) is 11.2. The Labute approximate surface area is 142 Å². The van der Waals surface area contributed by atoms with Crippen molar-refractivity contribution < 1.29 is 19.1 Å². The first-order valence-corrected chi connectivity index (χ1v) is 8.10. The van der Waals surface area contributed by atoms with Crippen LogP contribution in [0, 0.1) is 0 Å². The number of benzene rings is 1. The summed E-state index contributed by atoms with van der Waals surface area (Å²) in [5.74, 6) is 0.269. The van der Waals surface area contributed by atoms with Crippen molar-refractivity contribution in [3.05, 3.63) is 18.2 Å². The van der Waals surface area contributed by atoms with Crippen LogP contribution in [0.1, 0.15) is 41.0 Å². The highest BCUT2D eigenvalue weighted by molar-refractivity contribution is 5.93. The summed E-state index contributed by atoms with van der Waals surface area (Å²) in [4.78, 5) is 24.0. The number of hydrogen-bond acceptors (Lipinski definition) is 4. The smallest absolute Gasteiger partial charge is 0.319 e. The second-order valence-corrected chi connectivity index (χ2v) is 6.40. The molecular formula is C17H25N3O4. The van der Waals surface area contributed by atoms with Gasteiger partial charge in [-0.2, -0.15) is 0 Å². The van der Waals surface area contributed by atoms with Gasteiger partial charge in [0.05, 0.1) is 0 Å². The van der Waals surface area contributed by atoms with Crippen LogP contribution in [0.15, 0.2) is 18.2 Å². The molecule has 7 heteroatoms. The highest BCUT2D eigenvalue weighted by atomic mass is 16.7. The fraction of sp³-hybridized carbons (Fsp3) is 0.529. The van der Waals surface area contributed by atoms with E-state index in [2.05, 4.69) is 16.0 Å². The van der Waals surface area contributed by atoms with E-state index in [9.17, 15) is 9.59 Å². The van der Waals surface area contributed by atoms with E-state index >= 15 is 0 Å². The van der Waals surface area contributed by atoms with Gasteiger partial charge in [-0.1, -0.05) is 6.92 Å². The number of rotatable bonds is 5. The summed E-state index contributed by atoms with van der Waals surface area (Å²) in [6, 6.07) is 4.12. The highest BCUT2D eigenvalue weighted by Gasteiger charge is 2.31. The van der Waals surface area contributed by atoms with E-state index in [4.69, 9.17) is 9.47 Å². The third-order valence-electron chi connectivity index (χ3n) is 3.65. The van der Waals surface area contributed by atoms with Crippen LogP contribution in [0.25, 0.3) is 0 Å². The molecule has 0 aromatic heterocycles. The quantitative estimate of drug-likeness (QED) is 0.772. The molecule has 24 heavy (non-hydrogen) atoms. The first-order valence-electron chi connectivity index (χ1n) is 8.10. The molecule has 2 unspecified atom stereocenters. The zero-order valence-corrected chi connectivity index (χ0v) is 14.7. The Balaban J connectivity index is 1.90. The van der Waals surface area contributed by atoms with E-state index in [1.54, 1.807) is 25.1 Å². The van der Waals surface area contributed by atoms with Crippen LogP contribution in [0.5, 0.6) is 11.5 Å². The lowest BCUT2D eigenvalue weighted by Crippen LogP contribution is -2.48. The normalized spacial score (nSPS) is 16.9. The van der Waals surface area contributed by atoms with Crippen molar-refractivity contribution in [2.75, 3.05) is 5.32 Å². The highest BCUT2D eigenvalue weighted by Crippen LogP contribution is 2.40. The second-order valence-electron chi connectivity index (χ2n) is 6.40. The fourth-order valence-corrected chi connectivity index (χ4v) is 2.20.